The van der Waals surface area contributed by atoms with Gasteiger partial charge in [-0.3, -0.25) is 4.79 Å². The van der Waals surface area contributed by atoms with Crippen LogP contribution in [0.25, 0.3) is 0 Å². The molecule has 0 aliphatic carbocycles. The third-order valence-electron chi connectivity index (χ3n) is 3.07. The van der Waals surface area contributed by atoms with Crippen molar-refractivity contribution in [3.8, 4) is 11.8 Å². The van der Waals surface area contributed by atoms with Crippen LogP contribution < -0.4 is 10.1 Å². The molecule has 2 rings (SSSR count). The number of amides is 1. The number of carbonyl (C=O) groups excluding carboxylic acids is 1. The summed E-state index contributed by atoms with van der Waals surface area (Å²) >= 11 is 0. The van der Waals surface area contributed by atoms with Gasteiger partial charge in [-0.1, -0.05) is 12.1 Å². The number of benzene rings is 1. The van der Waals surface area contributed by atoms with E-state index < -0.39 is 18.1 Å². The van der Waals surface area contributed by atoms with E-state index in [9.17, 15) is 9.90 Å². The highest BCUT2D eigenvalue weighted by atomic mass is 16.5. The van der Waals surface area contributed by atoms with Crippen LogP contribution >= 0.6 is 0 Å². The van der Waals surface area contributed by atoms with Crippen LogP contribution in [0.3, 0.4) is 0 Å². The van der Waals surface area contributed by atoms with Gasteiger partial charge in [-0.15, -0.1) is 0 Å². The Balaban J connectivity index is 2.02. The van der Waals surface area contributed by atoms with Crippen molar-refractivity contribution in [1.82, 2.24) is 5.32 Å². The van der Waals surface area contributed by atoms with Gasteiger partial charge in [0, 0.05) is 0 Å². The molecule has 0 fully saturated rings. The number of carbonyl (C=O) groups is 1. The number of aliphatic hydroxyl groups excluding tert-OH is 1. The Morgan fingerprint density at radius 2 is 2.18 bits per heavy atom. The zero-order chi connectivity index (χ0) is 15.9. The average molecular weight is 300 g/mol. The highest BCUT2D eigenvalue weighted by Gasteiger charge is 2.22. The minimum absolute atomic E-state index is 0.291. The summed E-state index contributed by atoms with van der Waals surface area (Å²) in [4.78, 5) is 12.1. The minimum atomic E-state index is -0.821. The molecule has 0 radical (unpaired) electrons. The van der Waals surface area contributed by atoms with Crippen LogP contribution in [0, 0.1) is 11.3 Å². The monoisotopic (exact) mass is 300 g/mol. The van der Waals surface area contributed by atoms with Gasteiger partial charge in [0.1, 0.15) is 23.6 Å². The molecular weight excluding hydrogens is 284 g/mol. The average Bonchev–Trinajstić information content (AvgIpc) is 3.07. The smallest absolute Gasteiger partial charge is 0.261 e. The number of hydrogen-bond donors (Lipinski definition) is 2. The predicted molar refractivity (Wildman–Crippen MR) is 77.9 cm³/mol. The molecule has 0 aliphatic rings. The highest BCUT2D eigenvalue weighted by Crippen LogP contribution is 2.19. The number of ether oxygens (including phenoxy) is 1. The number of furan rings is 1. The van der Waals surface area contributed by atoms with Gasteiger partial charge in [-0.2, -0.15) is 5.26 Å². The molecule has 6 nitrogen and oxygen atoms in total. The molecule has 114 valence electrons. The Morgan fingerprint density at radius 1 is 1.41 bits per heavy atom. The van der Waals surface area contributed by atoms with Gasteiger partial charge in [0.2, 0.25) is 0 Å². The maximum Gasteiger partial charge on any atom is 0.261 e. The molecule has 6 heteroatoms. The number of nitrogens with one attached hydrogen (secondary N) is 1. The number of aliphatic hydroxyl groups is 1. The van der Waals surface area contributed by atoms with Crippen molar-refractivity contribution in [3.05, 3.63) is 54.0 Å². The van der Waals surface area contributed by atoms with Gasteiger partial charge in [0.25, 0.3) is 5.91 Å². The highest BCUT2D eigenvalue weighted by molar-refractivity contribution is 5.81. The number of rotatable bonds is 6. The van der Waals surface area contributed by atoms with Crippen LogP contribution in [0.15, 0.2) is 47.1 Å². The molecule has 0 saturated heterocycles. The maximum absolute atomic E-state index is 12.1. The summed E-state index contributed by atoms with van der Waals surface area (Å²) in [5.41, 5.74) is 0.354. The Bertz CT molecular complexity index is 661. The number of nitriles is 1. The van der Waals surface area contributed by atoms with Crippen molar-refractivity contribution in [3.63, 3.8) is 0 Å². The Morgan fingerprint density at radius 3 is 2.82 bits per heavy atom. The third-order valence-corrected chi connectivity index (χ3v) is 3.07. The van der Waals surface area contributed by atoms with Crippen LogP contribution in [-0.2, 0) is 4.79 Å². The first kappa shape index (κ1) is 15.6. The molecule has 0 spiro atoms. The van der Waals surface area contributed by atoms with Gasteiger partial charge in [-0.05, 0) is 31.2 Å². The summed E-state index contributed by atoms with van der Waals surface area (Å²) in [5.74, 6) is 0.384. The van der Waals surface area contributed by atoms with E-state index in [4.69, 9.17) is 14.4 Å². The third kappa shape index (κ3) is 3.65. The molecule has 0 saturated carbocycles. The van der Waals surface area contributed by atoms with Crippen LogP contribution in [0.4, 0.5) is 0 Å². The van der Waals surface area contributed by atoms with Crippen molar-refractivity contribution >= 4 is 5.91 Å². The molecule has 2 unspecified atom stereocenters. The molecule has 1 aromatic carbocycles. The Hall–Kier alpha value is -2.78. The van der Waals surface area contributed by atoms with E-state index in [1.807, 2.05) is 6.07 Å². The molecule has 2 N–H and O–H groups in total. The summed E-state index contributed by atoms with van der Waals surface area (Å²) in [7, 11) is 0. The van der Waals surface area contributed by atoms with Gasteiger partial charge in [-0.25, -0.2) is 0 Å². The first-order valence-corrected chi connectivity index (χ1v) is 6.76. The SMILES string of the molecule is CC(Oc1ccccc1C#N)C(=O)NC(CO)c1ccco1. The zero-order valence-corrected chi connectivity index (χ0v) is 12.0. The van der Waals surface area contributed by atoms with Gasteiger partial charge in [0.05, 0.1) is 18.4 Å². The van der Waals surface area contributed by atoms with Crippen molar-refractivity contribution in [1.29, 1.82) is 5.26 Å². The summed E-state index contributed by atoms with van der Waals surface area (Å²) < 4.78 is 10.7. The minimum Gasteiger partial charge on any atom is -0.480 e. The summed E-state index contributed by atoms with van der Waals surface area (Å²) in [6.07, 6.45) is 0.645. The molecular formula is C16H16N2O4. The molecule has 1 heterocycles. The van der Waals surface area contributed by atoms with E-state index in [1.54, 1.807) is 43.3 Å². The quantitative estimate of drug-likeness (QED) is 0.847. The molecule has 22 heavy (non-hydrogen) atoms. The molecule has 0 aliphatic heterocycles. The number of hydrogen-bond acceptors (Lipinski definition) is 5. The van der Waals surface area contributed by atoms with E-state index >= 15 is 0 Å². The van der Waals surface area contributed by atoms with Gasteiger partial charge >= 0.3 is 0 Å². The standard InChI is InChI=1S/C16H16N2O4/c1-11(22-14-6-3-2-5-12(14)9-17)16(20)18-13(10-19)15-7-4-8-21-15/h2-8,11,13,19H,10H2,1H3,(H,18,20). The second kappa shape index (κ2) is 7.29. The predicted octanol–water partition coefficient (Wildman–Crippen LogP) is 1.77. The van der Waals surface area contributed by atoms with E-state index in [-0.39, 0.29) is 6.61 Å². The fourth-order valence-electron chi connectivity index (χ4n) is 1.89. The second-order valence-corrected chi connectivity index (χ2v) is 4.63. The summed E-state index contributed by atoms with van der Waals surface area (Å²) in [5, 5.41) is 21.0. The molecule has 1 amide bonds. The van der Waals surface area contributed by atoms with E-state index in [1.165, 1.54) is 6.26 Å². The first-order chi connectivity index (χ1) is 10.7. The van der Waals surface area contributed by atoms with Gasteiger partial charge in [0.15, 0.2) is 6.10 Å². The maximum atomic E-state index is 12.1. The number of para-hydroxylation sites is 1. The Labute approximate surface area is 127 Å². The van der Waals surface area contributed by atoms with Crippen molar-refractivity contribution < 1.29 is 19.1 Å². The summed E-state index contributed by atoms with van der Waals surface area (Å²) in [6.45, 7) is 1.28. The van der Waals surface area contributed by atoms with Crippen molar-refractivity contribution in [2.75, 3.05) is 6.61 Å². The van der Waals surface area contributed by atoms with Crippen LogP contribution in [0.5, 0.6) is 5.75 Å². The molecule has 2 aromatic rings. The van der Waals surface area contributed by atoms with E-state index in [0.29, 0.717) is 17.1 Å². The Kier molecular flexibility index (Phi) is 5.17. The second-order valence-electron chi connectivity index (χ2n) is 4.63. The van der Waals surface area contributed by atoms with Gasteiger partial charge < -0.3 is 19.6 Å². The lowest BCUT2D eigenvalue weighted by Crippen LogP contribution is -2.39. The zero-order valence-electron chi connectivity index (χ0n) is 12.0. The van der Waals surface area contributed by atoms with E-state index in [2.05, 4.69) is 5.32 Å². The normalized spacial score (nSPS) is 13.0. The lowest BCUT2D eigenvalue weighted by atomic mass is 10.2. The van der Waals surface area contributed by atoms with Crippen LogP contribution in [-0.4, -0.2) is 23.7 Å². The van der Waals surface area contributed by atoms with Crippen LogP contribution in [0.2, 0.25) is 0 Å². The molecule has 1 aromatic heterocycles. The lowest BCUT2D eigenvalue weighted by molar-refractivity contribution is -0.128. The van der Waals surface area contributed by atoms with Crippen molar-refractivity contribution in [2.24, 2.45) is 0 Å². The molecule has 0 bridgehead atoms. The lowest BCUT2D eigenvalue weighted by Gasteiger charge is -2.19. The molecule has 2 atom stereocenters. The fraction of sp³-hybridized carbons (Fsp3) is 0.250. The first-order valence-electron chi connectivity index (χ1n) is 6.76. The topological polar surface area (TPSA) is 95.5 Å². The summed E-state index contributed by atoms with van der Waals surface area (Å²) in [6, 6.07) is 11.4. The fourth-order valence-corrected chi connectivity index (χ4v) is 1.89. The van der Waals surface area contributed by atoms with Crippen LogP contribution in [0.1, 0.15) is 24.3 Å². The number of nitrogens with zero attached hydrogens (tertiary/aromatic N) is 1. The largest absolute Gasteiger partial charge is 0.480 e. The van der Waals surface area contributed by atoms with Crippen molar-refractivity contribution in [2.45, 2.75) is 19.1 Å². The van der Waals surface area contributed by atoms with E-state index in [0.717, 1.165) is 0 Å².